The molecule has 0 saturated carbocycles. The third-order valence-electron chi connectivity index (χ3n) is 5.67. The lowest BCUT2D eigenvalue weighted by atomic mass is 9.62. The van der Waals surface area contributed by atoms with Gasteiger partial charge in [0.15, 0.2) is 0 Å². The molecule has 6 unspecified atom stereocenters. The Morgan fingerprint density at radius 3 is 2.74 bits per heavy atom. The van der Waals surface area contributed by atoms with Crippen LogP contribution < -0.4 is 11.2 Å². The third-order valence-corrected chi connectivity index (χ3v) is 5.67. The van der Waals surface area contributed by atoms with Gasteiger partial charge in [-0.25, -0.2) is 4.39 Å². The molecule has 1 fully saturated rings. The first kappa shape index (κ1) is 20.9. The molecule has 1 aliphatic heterocycles. The first-order chi connectivity index (χ1) is 12.9. The summed E-state index contributed by atoms with van der Waals surface area (Å²) in [6, 6.07) is 4.46. The van der Waals surface area contributed by atoms with E-state index in [0.29, 0.717) is 5.57 Å². The average molecular weight is 369 g/mol. The Labute approximate surface area is 161 Å². The van der Waals surface area contributed by atoms with Gasteiger partial charge in [0.1, 0.15) is 6.17 Å². The Balaban J connectivity index is 2.33. The van der Waals surface area contributed by atoms with Crippen molar-refractivity contribution in [2.24, 2.45) is 34.6 Å². The number of hydrogen-bond donors (Lipinski definition) is 2. The summed E-state index contributed by atoms with van der Waals surface area (Å²) >= 11 is 0. The van der Waals surface area contributed by atoms with Crippen LogP contribution >= 0.6 is 0 Å². The standard InChI is InChI=1S/C21H28FN5/c1-13(7-8-14(2)22)21-19(11-24)20(18(10-23)15(3)27-21)17-6-4-5-16(9-17)12-26-25/h5,7-8,12,14-15,17-21,27H,1,4,6,9,25H2,2-3H3/b8-7-,26-12-/t14-,15?,17?,18?,19?,20?,21?/m1/s1. The van der Waals surface area contributed by atoms with Crippen molar-refractivity contribution in [1.82, 2.24) is 5.32 Å². The Hall–Kier alpha value is -2.44. The molecule has 2 aliphatic rings. The van der Waals surface area contributed by atoms with E-state index in [0.717, 1.165) is 24.8 Å². The number of allylic oxidation sites excluding steroid dienone is 3. The molecule has 1 saturated heterocycles. The molecule has 0 aromatic carbocycles. The molecular weight excluding hydrogens is 341 g/mol. The summed E-state index contributed by atoms with van der Waals surface area (Å²) < 4.78 is 13.2. The van der Waals surface area contributed by atoms with E-state index in [1.165, 1.54) is 13.0 Å². The monoisotopic (exact) mass is 369 g/mol. The van der Waals surface area contributed by atoms with E-state index < -0.39 is 12.1 Å². The molecule has 0 radical (unpaired) electrons. The number of hydrazone groups is 1. The Kier molecular flexibility index (Phi) is 7.33. The number of nitrogens with one attached hydrogen (secondary N) is 1. The van der Waals surface area contributed by atoms with Gasteiger partial charge in [-0.15, -0.1) is 0 Å². The van der Waals surface area contributed by atoms with Gasteiger partial charge >= 0.3 is 0 Å². The van der Waals surface area contributed by atoms with Crippen LogP contribution in [0, 0.1) is 46.3 Å². The van der Waals surface area contributed by atoms with Gasteiger partial charge in [0.2, 0.25) is 0 Å². The highest BCUT2D eigenvalue weighted by atomic mass is 19.1. The lowest BCUT2D eigenvalue weighted by Crippen LogP contribution is -2.57. The van der Waals surface area contributed by atoms with E-state index in [4.69, 9.17) is 5.84 Å². The van der Waals surface area contributed by atoms with E-state index in [9.17, 15) is 14.9 Å². The minimum absolute atomic E-state index is 0.0833. The van der Waals surface area contributed by atoms with Crippen molar-refractivity contribution < 1.29 is 4.39 Å². The van der Waals surface area contributed by atoms with Crippen molar-refractivity contribution in [2.75, 3.05) is 0 Å². The molecule has 7 atom stereocenters. The molecule has 3 N–H and O–H groups in total. The van der Waals surface area contributed by atoms with Crippen molar-refractivity contribution in [3.63, 3.8) is 0 Å². The van der Waals surface area contributed by atoms with Crippen molar-refractivity contribution in [2.45, 2.75) is 51.4 Å². The van der Waals surface area contributed by atoms with Crippen LogP contribution in [0.5, 0.6) is 0 Å². The van der Waals surface area contributed by atoms with Gasteiger partial charge in [-0.05, 0) is 56.1 Å². The van der Waals surface area contributed by atoms with E-state index >= 15 is 0 Å². The molecule has 0 aromatic heterocycles. The van der Waals surface area contributed by atoms with Gasteiger partial charge in [-0.2, -0.15) is 15.6 Å². The molecule has 6 heteroatoms. The molecule has 144 valence electrons. The maximum absolute atomic E-state index is 13.2. The molecule has 0 bridgehead atoms. The van der Waals surface area contributed by atoms with Gasteiger partial charge < -0.3 is 11.2 Å². The predicted molar refractivity (Wildman–Crippen MR) is 105 cm³/mol. The van der Waals surface area contributed by atoms with E-state index in [1.807, 2.05) is 6.92 Å². The van der Waals surface area contributed by atoms with Gasteiger partial charge in [0.25, 0.3) is 0 Å². The largest absolute Gasteiger partial charge is 0.323 e. The van der Waals surface area contributed by atoms with Crippen LogP contribution in [0.15, 0.2) is 41.1 Å². The minimum Gasteiger partial charge on any atom is -0.323 e. The fourth-order valence-corrected chi connectivity index (χ4v) is 4.41. The number of rotatable bonds is 5. The third kappa shape index (κ3) is 4.84. The summed E-state index contributed by atoms with van der Waals surface area (Å²) in [5.74, 6) is 4.72. The van der Waals surface area contributed by atoms with Gasteiger partial charge in [0, 0.05) is 18.3 Å². The highest BCUT2D eigenvalue weighted by Gasteiger charge is 2.47. The summed E-state index contributed by atoms with van der Waals surface area (Å²) in [7, 11) is 0. The Bertz CT molecular complexity index is 709. The summed E-state index contributed by atoms with van der Waals surface area (Å²) in [5, 5.41) is 26.7. The fourth-order valence-electron chi connectivity index (χ4n) is 4.41. The molecule has 5 nitrogen and oxygen atoms in total. The zero-order valence-electron chi connectivity index (χ0n) is 16.0. The van der Waals surface area contributed by atoms with Crippen LogP contribution in [0.4, 0.5) is 4.39 Å². The fraction of sp³-hybridized carbons (Fsp3) is 0.571. The molecule has 0 spiro atoms. The van der Waals surface area contributed by atoms with Crippen molar-refractivity contribution in [3.8, 4) is 12.1 Å². The minimum atomic E-state index is -1.08. The average Bonchev–Trinajstić information content (AvgIpc) is 2.65. The molecule has 0 amide bonds. The van der Waals surface area contributed by atoms with E-state index in [2.05, 4.69) is 35.2 Å². The predicted octanol–water partition coefficient (Wildman–Crippen LogP) is 3.38. The van der Waals surface area contributed by atoms with Gasteiger partial charge in [-0.3, -0.25) is 0 Å². The maximum atomic E-state index is 13.2. The van der Waals surface area contributed by atoms with Crippen molar-refractivity contribution in [1.29, 1.82) is 10.5 Å². The van der Waals surface area contributed by atoms with E-state index in [-0.39, 0.29) is 29.8 Å². The molecule has 1 aliphatic carbocycles. The molecule has 1 heterocycles. The zero-order chi connectivity index (χ0) is 20.0. The topological polar surface area (TPSA) is 98.0 Å². The number of nitriles is 2. The second kappa shape index (κ2) is 9.48. The molecular formula is C21H28FN5. The summed E-state index contributed by atoms with van der Waals surface area (Å²) in [6.45, 7) is 7.48. The van der Waals surface area contributed by atoms with Crippen LogP contribution in [0.25, 0.3) is 0 Å². The van der Waals surface area contributed by atoms with Crippen LogP contribution in [0.3, 0.4) is 0 Å². The number of alkyl halides is 1. The summed E-state index contributed by atoms with van der Waals surface area (Å²) in [6.07, 6.45) is 8.34. The van der Waals surface area contributed by atoms with Gasteiger partial charge in [-0.1, -0.05) is 24.8 Å². The number of hydrogen-bond acceptors (Lipinski definition) is 5. The lowest BCUT2D eigenvalue weighted by molar-refractivity contribution is 0.103. The molecule has 27 heavy (non-hydrogen) atoms. The smallest absolute Gasteiger partial charge is 0.116 e. The summed E-state index contributed by atoms with van der Waals surface area (Å²) in [4.78, 5) is 0. The first-order valence-corrected chi connectivity index (χ1v) is 9.41. The highest BCUT2D eigenvalue weighted by molar-refractivity contribution is 5.78. The van der Waals surface area contributed by atoms with Crippen molar-refractivity contribution >= 4 is 6.21 Å². The SMILES string of the molecule is C=C(/C=C\[C@@H](C)F)C1NC(C)C(C#N)C(C2CCC=C(/C=N\N)C2)C1C#N. The summed E-state index contributed by atoms with van der Waals surface area (Å²) in [5.41, 5.74) is 1.73. The quantitative estimate of drug-likeness (QED) is 0.336. The van der Waals surface area contributed by atoms with Crippen LogP contribution in [-0.4, -0.2) is 24.5 Å². The number of halogens is 1. The Morgan fingerprint density at radius 1 is 1.44 bits per heavy atom. The highest BCUT2D eigenvalue weighted by Crippen LogP contribution is 2.44. The lowest BCUT2D eigenvalue weighted by Gasteiger charge is -2.46. The number of nitrogens with two attached hydrogens (primary N) is 1. The first-order valence-electron chi connectivity index (χ1n) is 9.41. The van der Waals surface area contributed by atoms with Crippen LogP contribution in [0.1, 0.15) is 33.1 Å². The van der Waals surface area contributed by atoms with Crippen molar-refractivity contribution in [3.05, 3.63) is 36.0 Å². The second-order valence-electron chi connectivity index (χ2n) is 7.53. The van der Waals surface area contributed by atoms with Crippen LogP contribution in [-0.2, 0) is 0 Å². The normalized spacial score (nSPS) is 35.4. The molecule has 0 aromatic rings. The second-order valence-corrected chi connectivity index (χ2v) is 7.53. The van der Waals surface area contributed by atoms with Crippen LogP contribution in [0.2, 0.25) is 0 Å². The van der Waals surface area contributed by atoms with Gasteiger partial charge in [0.05, 0.1) is 24.0 Å². The molecule has 2 rings (SSSR count). The number of piperidine rings is 1. The Morgan fingerprint density at radius 2 is 2.15 bits per heavy atom. The number of nitrogens with zero attached hydrogens (tertiary/aromatic N) is 3. The maximum Gasteiger partial charge on any atom is 0.116 e. The zero-order valence-corrected chi connectivity index (χ0v) is 16.0. The van der Waals surface area contributed by atoms with E-state index in [1.54, 1.807) is 12.3 Å².